The van der Waals surface area contributed by atoms with Crippen LogP contribution in [0.5, 0.6) is 0 Å². The van der Waals surface area contributed by atoms with Gasteiger partial charge in [-0.2, -0.15) is 0 Å². The number of aromatic nitrogens is 1. The molecule has 0 atom stereocenters. The van der Waals surface area contributed by atoms with E-state index in [1.165, 1.54) is 6.07 Å². The first-order valence-electron chi connectivity index (χ1n) is 3.50. The van der Waals surface area contributed by atoms with Crippen molar-refractivity contribution in [1.82, 2.24) is 10.3 Å². The molecule has 0 bridgehead atoms. The maximum Gasteiger partial charge on any atom is 0.267 e. The Morgan fingerprint density at radius 2 is 2.38 bits per heavy atom. The predicted octanol–water partition coefficient (Wildman–Crippen LogP) is 1.77. The van der Waals surface area contributed by atoms with Crippen LogP contribution in [0.4, 0.5) is 8.78 Å². The van der Waals surface area contributed by atoms with Crippen LogP contribution in [0, 0.1) is 0 Å². The summed E-state index contributed by atoms with van der Waals surface area (Å²) >= 11 is 3.12. The van der Waals surface area contributed by atoms with Gasteiger partial charge in [-0.15, -0.1) is 0 Å². The zero-order chi connectivity index (χ0) is 9.84. The highest BCUT2D eigenvalue weighted by atomic mass is 79.9. The molecule has 0 spiro atoms. The molecule has 0 unspecified atom stereocenters. The lowest BCUT2D eigenvalue weighted by Crippen LogP contribution is -2.28. The van der Waals surface area contributed by atoms with E-state index in [-0.39, 0.29) is 5.69 Å². The molecule has 0 aliphatic heterocycles. The van der Waals surface area contributed by atoms with Crippen LogP contribution in [-0.2, 0) is 0 Å². The smallest absolute Gasteiger partial charge is 0.267 e. The predicted molar refractivity (Wildman–Crippen MR) is 46.8 cm³/mol. The first-order chi connectivity index (χ1) is 6.09. The molecule has 1 aromatic heterocycles. The van der Waals surface area contributed by atoms with Crippen molar-refractivity contribution in [3.8, 4) is 0 Å². The van der Waals surface area contributed by atoms with E-state index in [1.54, 1.807) is 6.20 Å². The monoisotopic (exact) mass is 252 g/mol. The number of carbonyl (C=O) groups excluding carboxylic acids is 1. The van der Waals surface area contributed by atoms with E-state index >= 15 is 0 Å². The van der Waals surface area contributed by atoms with Crippen molar-refractivity contribution in [1.29, 1.82) is 0 Å². The van der Waals surface area contributed by atoms with Crippen molar-refractivity contribution in [2.45, 2.75) is 6.43 Å². The van der Waals surface area contributed by atoms with Gasteiger partial charge in [0.1, 0.15) is 5.69 Å². The highest BCUT2D eigenvalue weighted by molar-refractivity contribution is 9.10. The Balaban J connectivity index is 2.49. The van der Waals surface area contributed by atoms with Crippen LogP contribution in [-0.4, -0.2) is 23.9 Å². The highest BCUT2D eigenvalue weighted by Crippen LogP contribution is 2.10. The number of hydrogen-bond donors (Lipinski definition) is 2. The van der Waals surface area contributed by atoms with Gasteiger partial charge in [0.05, 0.1) is 6.54 Å². The Morgan fingerprint density at radius 3 is 2.85 bits per heavy atom. The van der Waals surface area contributed by atoms with E-state index < -0.39 is 18.9 Å². The summed E-state index contributed by atoms with van der Waals surface area (Å²) < 4.78 is 24.1. The number of nitrogens with one attached hydrogen (secondary N) is 2. The van der Waals surface area contributed by atoms with Crippen LogP contribution in [0.3, 0.4) is 0 Å². The fourth-order valence-electron chi connectivity index (χ4n) is 0.764. The van der Waals surface area contributed by atoms with Crippen molar-refractivity contribution >= 4 is 21.8 Å². The van der Waals surface area contributed by atoms with Crippen LogP contribution < -0.4 is 5.32 Å². The zero-order valence-corrected chi connectivity index (χ0v) is 8.07. The molecule has 1 heterocycles. The minimum absolute atomic E-state index is 0.257. The number of hydrogen-bond acceptors (Lipinski definition) is 1. The number of aromatic amines is 1. The third-order valence-corrected chi connectivity index (χ3v) is 1.77. The molecule has 6 heteroatoms. The topological polar surface area (TPSA) is 44.9 Å². The lowest BCUT2D eigenvalue weighted by molar-refractivity contribution is 0.0887. The lowest BCUT2D eigenvalue weighted by Gasteiger charge is -2.01. The van der Waals surface area contributed by atoms with E-state index in [0.717, 1.165) is 0 Å². The Bertz CT molecular complexity index is 300. The van der Waals surface area contributed by atoms with Gasteiger partial charge in [-0.05, 0) is 22.0 Å². The third kappa shape index (κ3) is 3.14. The van der Waals surface area contributed by atoms with Crippen LogP contribution >= 0.6 is 15.9 Å². The van der Waals surface area contributed by atoms with Gasteiger partial charge in [-0.25, -0.2) is 8.78 Å². The molecule has 3 nitrogen and oxygen atoms in total. The van der Waals surface area contributed by atoms with Crippen molar-refractivity contribution < 1.29 is 13.6 Å². The minimum atomic E-state index is -2.53. The molecule has 0 saturated heterocycles. The third-order valence-electron chi connectivity index (χ3n) is 1.31. The standard InChI is InChI=1S/C7H7BrF2N2O/c8-4-1-5(11-2-4)7(13)12-3-6(9)10/h1-2,6,11H,3H2,(H,12,13). The molecule has 1 amide bonds. The molecular formula is C7H7BrF2N2O. The summed E-state index contributed by atoms with van der Waals surface area (Å²) in [5, 5.41) is 2.07. The zero-order valence-electron chi connectivity index (χ0n) is 6.48. The second kappa shape index (κ2) is 4.36. The van der Waals surface area contributed by atoms with Crippen LogP contribution in [0.15, 0.2) is 16.7 Å². The Labute approximate surface area is 81.6 Å². The highest BCUT2D eigenvalue weighted by Gasteiger charge is 2.09. The van der Waals surface area contributed by atoms with Gasteiger partial charge < -0.3 is 10.3 Å². The van der Waals surface area contributed by atoms with Crippen molar-refractivity contribution in [2.24, 2.45) is 0 Å². The Kier molecular flexibility index (Phi) is 3.41. The Hall–Kier alpha value is -0.910. The molecule has 1 rings (SSSR count). The Morgan fingerprint density at radius 1 is 1.69 bits per heavy atom. The number of alkyl halides is 2. The van der Waals surface area contributed by atoms with Gasteiger partial charge in [0, 0.05) is 10.7 Å². The van der Waals surface area contributed by atoms with Crippen molar-refractivity contribution in [2.75, 3.05) is 6.54 Å². The molecule has 72 valence electrons. The maximum atomic E-state index is 11.7. The van der Waals surface area contributed by atoms with Gasteiger partial charge in [-0.3, -0.25) is 4.79 Å². The van der Waals surface area contributed by atoms with Gasteiger partial charge in [-0.1, -0.05) is 0 Å². The normalized spacial score (nSPS) is 10.5. The molecule has 0 aliphatic carbocycles. The summed E-state index contributed by atoms with van der Waals surface area (Å²) in [5.41, 5.74) is 0.257. The summed E-state index contributed by atoms with van der Waals surface area (Å²) in [4.78, 5) is 13.7. The lowest BCUT2D eigenvalue weighted by atomic mass is 10.4. The number of halogens is 3. The summed E-state index contributed by atoms with van der Waals surface area (Å²) in [6.07, 6.45) is -0.973. The summed E-state index contributed by atoms with van der Waals surface area (Å²) in [5.74, 6) is -0.536. The van der Waals surface area contributed by atoms with Crippen molar-refractivity contribution in [3.63, 3.8) is 0 Å². The van der Waals surface area contributed by atoms with Gasteiger partial charge in [0.2, 0.25) is 0 Å². The maximum absolute atomic E-state index is 11.7. The van der Waals surface area contributed by atoms with Crippen LogP contribution in [0.2, 0.25) is 0 Å². The molecule has 0 radical (unpaired) electrons. The number of amides is 1. The van der Waals surface area contributed by atoms with Crippen LogP contribution in [0.25, 0.3) is 0 Å². The van der Waals surface area contributed by atoms with E-state index in [1.807, 2.05) is 0 Å². The first-order valence-corrected chi connectivity index (χ1v) is 4.29. The van der Waals surface area contributed by atoms with E-state index in [0.29, 0.717) is 4.47 Å². The van der Waals surface area contributed by atoms with E-state index in [4.69, 9.17) is 0 Å². The summed E-state index contributed by atoms with van der Waals surface area (Å²) in [6, 6.07) is 1.51. The average Bonchev–Trinajstić information content (AvgIpc) is 2.47. The molecule has 2 N–H and O–H groups in total. The summed E-state index contributed by atoms with van der Waals surface area (Å²) in [7, 11) is 0. The van der Waals surface area contributed by atoms with E-state index in [2.05, 4.69) is 26.2 Å². The van der Waals surface area contributed by atoms with E-state index in [9.17, 15) is 13.6 Å². The molecule has 0 aliphatic rings. The fraction of sp³-hybridized carbons (Fsp3) is 0.286. The molecule has 0 fully saturated rings. The van der Waals surface area contributed by atoms with Crippen molar-refractivity contribution in [3.05, 3.63) is 22.4 Å². The SMILES string of the molecule is O=C(NCC(F)F)c1cc(Br)c[nH]1. The number of rotatable bonds is 3. The molecule has 13 heavy (non-hydrogen) atoms. The average molecular weight is 253 g/mol. The van der Waals surface area contributed by atoms with Gasteiger partial charge in [0.25, 0.3) is 12.3 Å². The summed E-state index contributed by atoms with van der Waals surface area (Å²) in [6.45, 7) is -0.629. The number of H-pyrrole nitrogens is 1. The first kappa shape index (κ1) is 10.2. The second-order valence-corrected chi connectivity index (χ2v) is 3.25. The minimum Gasteiger partial charge on any atom is -0.356 e. The molecule has 0 aromatic carbocycles. The van der Waals surface area contributed by atoms with Crippen LogP contribution in [0.1, 0.15) is 10.5 Å². The quantitative estimate of drug-likeness (QED) is 0.847. The second-order valence-electron chi connectivity index (χ2n) is 2.33. The molecule has 0 saturated carbocycles. The number of carbonyl (C=O) groups is 1. The largest absolute Gasteiger partial charge is 0.356 e. The fourth-order valence-corrected chi connectivity index (χ4v) is 1.11. The van der Waals surface area contributed by atoms with Gasteiger partial charge in [0.15, 0.2) is 0 Å². The molecule has 1 aromatic rings. The molecular weight excluding hydrogens is 246 g/mol. The van der Waals surface area contributed by atoms with Gasteiger partial charge >= 0.3 is 0 Å².